The normalized spacial score (nSPS) is 15.1. The molecule has 5 rings (SSSR count). The summed E-state index contributed by atoms with van der Waals surface area (Å²) in [6.07, 6.45) is 4.25. The van der Waals surface area contributed by atoms with Gasteiger partial charge in [0.05, 0.1) is 16.4 Å². The van der Waals surface area contributed by atoms with Crippen LogP contribution < -0.4 is 10.1 Å². The molecule has 1 fully saturated rings. The summed E-state index contributed by atoms with van der Waals surface area (Å²) in [5.41, 5.74) is 0.231. The lowest BCUT2D eigenvalue weighted by Crippen LogP contribution is -2.16. The molecule has 4 aromatic rings. The minimum atomic E-state index is -4.49. The van der Waals surface area contributed by atoms with Crippen molar-refractivity contribution in [2.75, 3.05) is 11.9 Å². The number of nitrogens with zero attached hydrogens (tertiary/aromatic N) is 3. The predicted molar refractivity (Wildman–Crippen MR) is 122 cm³/mol. The van der Waals surface area contributed by atoms with Crippen molar-refractivity contribution in [2.45, 2.75) is 38.3 Å². The number of imidazole rings is 1. The van der Waals surface area contributed by atoms with Gasteiger partial charge < -0.3 is 15.0 Å². The number of halogens is 3. The van der Waals surface area contributed by atoms with Crippen LogP contribution in [0.25, 0.3) is 21.7 Å². The highest BCUT2D eigenvalue weighted by molar-refractivity contribution is 7.22. The lowest BCUT2D eigenvalue weighted by molar-refractivity contribution is -0.140. The van der Waals surface area contributed by atoms with E-state index < -0.39 is 11.9 Å². The highest BCUT2D eigenvalue weighted by Gasteiger charge is 2.33. The molecule has 2 N–H and O–H groups in total. The fourth-order valence-electron chi connectivity index (χ4n) is 4.00. The number of aromatic amines is 1. The zero-order valence-electron chi connectivity index (χ0n) is 17.7. The molecule has 3 aromatic heterocycles. The number of ether oxygens (including phenoxy) is 1. The molecule has 3 heterocycles. The van der Waals surface area contributed by atoms with E-state index in [1.165, 1.54) is 38.3 Å². The number of nitrogens with one attached hydrogen (secondary N) is 2. The summed E-state index contributed by atoms with van der Waals surface area (Å²) in [6, 6.07) is 8.82. The SMILES string of the molecule is FC(F)(F)c1cnc(-c2cc(Oc3ccc4nc(NCC5CCCCC5)sc4c3)ccn2)[nH]1. The number of hydrogen-bond donors (Lipinski definition) is 2. The van der Waals surface area contributed by atoms with Crippen molar-refractivity contribution in [3.63, 3.8) is 0 Å². The zero-order valence-corrected chi connectivity index (χ0v) is 18.5. The summed E-state index contributed by atoms with van der Waals surface area (Å²) < 4.78 is 45.4. The Labute approximate surface area is 192 Å². The van der Waals surface area contributed by atoms with E-state index in [1.54, 1.807) is 23.5 Å². The summed E-state index contributed by atoms with van der Waals surface area (Å²) in [7, 11) is 0. The Kier molecular flexibility index (Phi) is 5.92. The summed E-state index contributed by atoms with van der Waals surface area (Å²) >= 11 is 1.58. The van der Waals surface area contributed by atoms with Gasteiger partial charge in [0.25, 0.3) is 0 Å². The maximum absolute atomic E-state index is 12.8. The third-order valence-electron chi connectivity index (χ3n) is 5.72. The topological polar surface area (TPSA) is 75.7 Å². The number of aromatic nitrogens is 4. The number of benzene rings is 1. The Bertz CT molecular complexity index is 1250. The van der Waals surface area contributed by atoms with Gasteiger partial charge in [0.2, 0.25) is 0 Å². The van der Waals surface area contributed by atoms with Gasteiger partial charge in [-0.3, -0.25) is 4.98 Å². The largest absolute Gasteiger partial charge is 0.457 e. The highest BCUT2D eigenvalue weighted by Crippen LogP contribution is 2.33. The maximum Gasteiger partial charge on any atom is 0.432 e. The second kappa shape index (κ2) is 9.01. The average Bonchev–Trinajstić information content (AvgIpc) is 3.46. The third kappa shape index (κ3) is 5.11. The van der Waals surface area contributed by atoms with E-state index in [-0.39, 0.29) is 11.5 Å². The van der Waals surface area contributed by atoms with Gasteiger partial charge in [-0.2, -0.15) is 13.2 Å². The van der Waals surface area contributed by atoms with Crippen LogP contribution in [0.5, 0.6) is 11.5 Å². The molecule has 1 aromatic carbocycles. The number of pyridine rings is 1. The minimum absolute atomic E-state index is 0.0272. The van der Waals surface area contributed by atoms with Gasteiger partial charge in [-0.1, -0.05) is 30.6 Å². The number of H-pyrrole nitrogens is 1. The monoisotopic (exact) mass is 473 g/mol. The molecule has 0 radical (unpaired) electrons. The van der Waals surface area contributed by atoms with Crippen molar-refractivity contribution < 1.29 is 17.9 Å². The van der Waals surface area contributed by atoms with E-state index in [0.717, 1.165) is 28.1 Å². The molecule has 6 nitrogen and oxygen atoms in total. The molecule has 33 heavy (non-hydrogen) atoms. The summed E-state index contributed by atoms with van der Waals surface area (Å²) in [5, 5.41) is 4.38. The van der Waals surface area contributed by atoms with Crippen LogP contribution in [0.1, 0.15) is 37.8 Å². The van der Waals surface area contributed by atoms with Crippen LogP contribution in [0.4, 0.5) is 18.3 Å². The van der Waals surface area contributed by atoms with Crippen molar-refractivity contribution >= 4 is 26.7 Å². The van der Waals surface area contributed by atoms with Crippen LogP contribution in [0.3, 0.4) is 0 Å². The van der Waals surface area contributed by atoms with Crippen molar-refractivity contribution in [2.24, 2.45) is 5.92 Å². The van der Waals surface area contributed by atoms with Crippen LogP contribution in [-0.2, 0) is 6.18 Å². The Balaban J connectivity index is 1.29. The van der Waals surface area contributed by atoms with Gasteiger partial charge in [-0.15, -0.1) is 0 Å². The number of rotatable bonds is 6. The molecule has 0 unspecified atom stereocenters. The number of hydrogen-bond acceptors (Lipinski definition) is 6. The lowest BCUT2D eigenvalue weighted by atomic mass is 9.89. The molecular weight excluding hydrogens is 451 g/mol. The van der Waals surface area contributed by atoms with Crippen LogP contribution in [0.2, 0.25) is 0 Å². The van der Waals surface area contributed by atoms with E-state index in [0.29, 0.717) is 17.4 Å². The smallest absolute Gasteiger partial charge is 0.432 e. The highest BCUT2D eigenvalue weighted by atomic mass is 32.1. The summed E-state index contributed by atoms with van der Waals surface area (Å²) in [5.74, 6) is 1.80. The van der Waals surface area contributed by atoms with Gasteiger partial charge in [-0.25, -0.2) is 9.97 Å². The van der Waals surface area contributed by atoms with Gasteiger partial charge in [0, 0.05) is 24.9 Å². The van der Waals surface area contributed by atoms with Crippen LogP contribution in [-0.4, -0.2) is 26.5 Å². The quantitative estimate of drug-likeness (QED) is 0.319. The fourth-order valence-corrected chi connectivity index (χ4v) is 4.90. The van der Waals surface area contributed by atoms with Gasteiger partial charge in [0.15, 0.2) is 11.0 Å². The van der Waals surface area contributed by atoms with Gasteiger partial charge in [0.1, 0.15) is 22.9 Å². The molecule has 0 bridgehead atoms. The van der Waals surface area contributed by atoms with Crippen molar-refractivity contribution in [1.29, 1.82) is 0 Å². The minimum Gasteiger partial charge on any atom is -0.457 e. The van der Waals surface area contributed by atoms with Gasteiger partial charge in [-0.05, 0) is 37.0 Å². The summed E-state index contributed by atoms with van der Waals surface area (Å²) in [4.78, 5) is 14.8. The number of anilines is 1. The first-order valence-electron chi connectivity index (χ1n) is 10.8. The van der Waals surface area contributed by atoms with E-state index >= 15 is 0 Å². The Hall–Kier alpha value is -3.14. The molecule has 0 aliphatic heterocycles. The Morgan fingerprint density at radius 3 is 2.67 bits per heavy atom. The molecule has 1 saturated carbocycles. The third-order valence-corrected chi connectivity index (χ3v) is 6.69. The number of thiazole rings is 1. The van der Waals surface area contributed by atoms with Crippen LogP contribution in [0.15, 0.2) is 42.7 Å². The van der Waals surface area contributed by atoms with E-state index in [4.69, 9.17) is 4.74 Å². The fraction of sp³-hybridized carbons (Fsp3) is 0.348. The predicted octanol–water partition coefficient (Wildman–Crippen LogP) is 6.88. The Morgan fingerprint density at radius 2 is 1.88 bits per heavy atom. The van der Waals surface area contributed by atoms with Crippen molar-refractivity contribution in [1.82, 2.24) is 19.9 Å². The zero-order chi connectivity index (χ0) is 22.8. The first-order chi connectivity index (χ1) is 15.9. The first-order valence-corrected chi connectivity index (χ1v) is 11.7. The Morgan fingerprint density at radius 1 is 1.06 bits per heavy atom. The van der Waals surface area contributed by atoms with Crippen LogP contribution in [0, 0.1) is 5.92 Å². The van der Waals surface area contributed by atoms with E-state index in [2.05, 4.69) is 25.3 Å². The molecule has 1 aliphatic carbocycles. The number of fused-ring (bicyclic) bond motifs is 1. The molecule has 0 saturated heterocycles. The average molecular weight is 474 g/mol. The molecule has 1 aliphatic rings. The van der Waals surface area contributed by atoms with Crippen molar-refractivity contribution in [3.05, 3.63) is 48.4 Å². The second-order valence-corrected chi connectivity index (χ2v) is 9.19. The molecule has 172 valence electrons. The maximum atomic E-state index is 12.8. The number of alkyl halides is 3. The van der Waals surface area contributed by atoms with Crippen LogP contribution >= 0.6 is 11.3 Å². The summed E-state index contributed by atoms with van der Waals surface area (Å²) in [6.45, 7) is 0.950. The van der Waals surface area contributed by atoms with Crippen molar-refractivity contribution in [3.8, 4) is 23.0 Å². The second-order valence-electron chi connectivity index (χ2n) is 8.16. The molecular formula is C23H22F3N5OS. The van der Waals surface area contributed by atoms with E-state index in [9.17, 15) is 13.2 Å². The van der Waals surface area contributed by atoms with Gasteiger partial charge >= 0.3 is 6.18 Å². The van der Waals surface area contributed by atoms with E-state index in [1.807, 2.05) is 18.2 Å². The molecule has 0 amide bonds. The standard InChI is InChI=1S/C23H22F3N5OS/c24-23(25,26)20-13-28-21(31-20)18-10-16(8-9-27-18)32-15-6-7-17-19(11-15)33-22(30-17)29-12-14-4-2-1-3-5-14/h6-11,13-14H,1-5,12H2,(H,28,31)(H,29,30). The molecule has 0 atom stereocenters. The molecule has 0 spiro atoms. The lowest BCUT2D eigenvalue weighted by Gasteiger charge is -2.21. The first kappa shape index (κ1) is 21.7. The molecule has 10 heteroatoms.